The van der Waals surface area contributed by atoms with Gasteiger partial charge in [-0.3, -0.25) is 0 Å². The van der Waals surface area contributed by atoms with E-state index in [0.717, 1.165) is 0 Å². The molecular weight excluding hydrogens is 112 g/mol. The molecule has 1 rings (SSSR count). The monoisotopic (exact) mass is 114 g/mol. The summed E-state index contributed by atoms with van der Waals surface area (Å²) in [5.74, 6) is -0.287. The Kier molecular flexibility index (Phi) is 0.918. The lowest BCUT2D eigenvalue weighted by Crippen LogP contribution is -1.81. The molecule has 0 saturated heterocycles. The van der Waals surface area contributed by atoms with E-state index in [1.807, 2.05) is 0 Å². The number of nitrogens with two attached hydrogens (primary N) is 1. The van der Waals surface area contributed by atoms with Gasteiger partial charge in [-0.05, 0) is 15.5 Å². The molecule has 0 aromatic carbocycles. The van der Waals surface area contributed by atoms with E-state index in [1.165, 1.54) is 0 Å². The van der Waals surface area contributed by atoms with Crippen molar-refractivity contribution in [1.29, 1.82) is 0 Å². The summed E-state index contributed by atoms with van der Waals surface area (Å²) in [5.41, 5.74) is 4.99. The maximum absolute atomic E-state index is 9.60. The van der Waals surface area contributed by atoms with E-state index in [2.05, 4.69) is 20.1 Å². The van der Waals surface area contributed by atoms with Crippen molar-refractivity contribution in [3.63, 3.8) is 0 Å². The fourth-order valence-electron chi connectivity index (χ4n) is 0.254. The van der Waals surface area contributed by atoms with Gasteiger partial charge in [-0.25, -0.2) is 4.63 Å². The number of nitrogens with zero attached hydrogens (tertiary/aromatic N) is 3. The molecule has 0 fully saturated rings. The van der Waals surface area contributed by atoms with Crippen LogP contribution in [0.15, 0.2) is 9.81 Å². The Morgan fingerprint density at radius 3 is 2.62 bits per heavy atom. The van der Waals surface area contributed by atoms with Crippen molar-refractivity contribution in [1.82, 2.24) is 10.3 Å². The minimum Gasteiger partial charge on any atom is -0.378 e. The number of nitrogen functional groups attached to an aromatic ring is 1. The van der Waals surface area contributed by atoms with Crippen molar-refractivity contribution in [2.75, 3.05) is 5.73 Å². The zero-order valence-electron chi connectivity index (χ0n) is 3.74. The third-order valence-corrected chi connectivity index (χ3v) is 0.582. The molecule has 0 aliphatic carbocycles. The van der Waals surface area contributed by atoms with Gasteiger partial charge in [-0.2, -0.15) is 0 Å². The van der Waals surface area contributed by atoms with E-state index in [4.69, 9.17) is 5.73 Å². The van der Waals surface area contributed by atoms with Crippen LogP contribution in [-0.4, -0.2) is 10.3 Å². The fraction of sp³-hybridized carbons (Fsp3) is 0. The van der Waals surface area contributed by atoms with Crippen LogP contribution in [0, 0.1) is 4.91 Å². The van der Waals surface area contributed by atoms with Crippen LogP contribution in [-0.2, 0) is 0 Å². The smallest absolute Gasteiger partial charge is 0.283 e. The van der Waals surface area contributed by atoms with Gasteiger partial charge >= 0.3 is 0 Å². The second-order valence-electron chi connectivity index (χ2n) is 1.06. The van der Waals surface area contributed by atoms with E-state index in [0.29, 0.717) is 0 Å². The Hall–Kier alpha value is -1.46. The highest BCUT2D eigenvalue weighted by Gasteiger charge is 2.02. The van der Waals surface area contributed by atoms with Crippen LogP contribution in [0.3, 0.4) is 0 Å². The molecule has 0 radical (unpaired) electrons. The number of aromatic nitrogens is 2. The van der Waals surface area contributed by atoms with Gasteiger partial charge in [0.2, 0.25) is 5.82 Å². The molecule has 1 heterocycles. The van der Waals surface area contributed by atoms with Crippen molar-refractivity contribution >= 4 is 11.6 Å². The lowest BCUT2D eigenvalue weighted by atomic mass is 10.7. The third-order valence-electron chi connectivity index (χ3n) is 0.582. The molecule has 0 amide bonds. The second-order valence-corrected chi connectivity index (χ2v) is 1.06. The maximum atomic E-state index is 9.60. The standard InChI is InChI=1S/C2H2N4O2/c3-1-2(4-7)6-8-5-1/h(H2,3,5). The third kappa shape index (κ3) is 0.512. The average Bonchev–Trinajstić information content (AvgIpc) is 2.14. The molecule has 0 saturated carbocycles. The van der Waals surface area contributed by atoms with E-state index >= 15 is 0 Å². The second kappa shape index (κ2) is 1.57. The highest BCUT2D eigenvalue weighted by Crippen LogP contribution is 2.12. The first-order chi connectivity index (χ1) is 3.84. The highest BCUT2D eigenvalue weighted by molar-refractivity contribution is 5.48. The van der Waals surface area contributed by atoms with E-state index in [-0.39, 0.29) is 11.6 Å². The van der Waals surface area contributed by atoms with Crippen LogP contribution in [0.1, 0.15) is 0 Å². The van der Waals surface area contributed by atoms with Gasteiger partial charge in [0.05, 0.1) is 0 Å². The molecule has 0 atom stereocenters. The summed E-state index contributed by atoms with van der Waals surface area (Å²) in [7, 11) is 0. The Morgan fingerprint density at radius 1 is 1.62 bits per heavy atom. The number of anilines is 1. The van der Waals surface area contributed by atoms with Crippen molar-refractivity contribution in [2.45, 2.75) is 0 Å². The molecule has 8 heavy (non-hydrogen) atoms. The van der Waals surface area contributed by atoms with Gasteiger partial charge in [0.15, 0.2) is 0 Å². The molecule has 6 nitrogen and oxygen atoms in total. The SMILES string of the molecule is Nc1nonc1N=O. The zero-order valence-corrected chi connectivity index (χ0v) is 3.74. The van der Waals surface area contributed by atoms with Crippen LogP contribution in [0.5, 0.6) is 0 Å². The summed E-state index contributed by atoms with van der Waals surface area (Å²) >= 11 is 0. The van der Waals surface area contributed by atoms with Crippen LogP contribution in [0.25, 0.3) is 0 Å². The van der Waals surface area contributed by atoms with Gasteiger partial charge in [-0.15, -0.1) is 4.91 Å². The summed E-state index contributed by atoms with van der Waals surface area (Å²) in [4.78, 5) is 9.60. The Labute approximate surface area is 43.6 Å². The molecule has 1 aromatic heterocycles. The lowest BCUT2D eigenvalue weighted by molar-refractivity contribution is 0.310. The molecule has 0 aliphatic heterocycles. The van der Waals surface area contributed by atoms with Gasteiger partial charge < -0.3 is 5.73 Å². The molecule has 2 N–H and O–H groups in total. The Balaban J connectivity index is 3.09. The Bertz CT molecular complexity index is 194. The number of nitroso groups, excluding NO2 is 1. The number of hydrogen-bond acceptors (Lipinski definition) is 6. The summed E-state index contributed by atoms with van der Waals surface area (Å²) in [6.07, 6.45) is 0. The Morgan fingerprint density at radius 2 is 2.38 bits per heavy atom. The summed E-state index contributed by atoms with van der Waals surface area (Å²) in [6.45, 7) is 0. The first kappa shape index (κ1) is 4.69. The minimum absolute atomic E-state index is 0.0833. The van der Waals surface area contributed by atoms with Crippen LogP contribution in [0.2, 0.25) is 0 Å². The molecular formula is C2H2N4O2. The van der Waals surface area contributed by atoms with Crippen molar-refractivity contribution < 1.29 is 4.63 Å². The average molecular weight is 114 g/mol. The van der Waals surface area contributed by atoms with Gasteiger partial charge in [0.1, 0.15) is 0 Å². The largest absolute Gasteiger partial charge is 0.378 e. The fourth-order valence-corrected chi connectivity index (χ4v) is 0.254. The highest BCUT2D eigenvalue weighted by atomic mass is 16.6. The van der Waals surface area contributed by atoms with Crippen LogP contribution >= 0.6 is 0 Å². The quantitative estimate of drug-likeness (QED) is 0.520. The van der Waals surface area contributed by atoms with Crippen molar-refractivity contribution in [3.8, 4) is 0 Å². The minimum atomic E-state index is -0.204. The maximum Gasteiger partial charge on any atom is 0.283 e. The first-order valence-corrected chi connectivity index (χ1v) is 1.76. The summed E-state index contributed by atoms with van der Waals surface area (Å²) in [5, 5.41) is 8.52. The van der Waals surface area contributed by atoms with Crippen molar-refractivity contribution in [2.24, 2.45) is 5.18 Å². The van der Waals surface area contributed by atoms with Crippen molar-refractivity contribution in [3.05, 3.63) is 4.91 Å². The molecule has 0 spiro atoms. The van der Waals surface area contributed by atoms with Gasteiger partial charge in [0, 0.05) is 0 Å². The summed E-state index contributed by atoms with van der Waals surface area (Å²) < 4.78 is 4.02. The van der Waals surface area contributed by atoms with Crippen LogP contribution < -0.4 is 5.73 Å². The van der Waals surface area contributed by atoms with Gasteiger partial charge in [0.25, 0.3) is 5.82 Å². The molecule has 0 bridgehead atoms. The molecule has 0 aliphatic rings. The molecule has 0 unspecified atom stereocenters. The van der Waals surface area contributed by atoms with E-state index < -0.39 is 0 Å². The van der Waals surface area contributed by atoms with E-state index in [9.17, 15) is 4.91 Å². The topological polar surface area (TPSA) is 94.4 Å². The normalized spacial score (nSPS) is 9.00. The summed E-state index contributed by atoms with van der Waals surface area (Å²) in [6, 6.07) is 0. The number of hydrogen-bond donors (Lipinski definition) is 1. The molecule has 1 aromatic rings. The molecule has 42 valence electrons. The first-order valence-electron chi connectivity index (χ1n) is 1.76. The predicted molar refractivity (Wildman–Crippen MR) is 24.2 cm³/mol. The van der Waals surface area contributed by atoms with Crippen LogP contribution in [0.4, 0.5) is 11.6 Å². The van der Waals surface area contributed by atoms with E-state index in [1.54, 1.807) is 0 Å². The number of rotatable bonds is 1. The van der Waals surface area contributed by atoms with Gasteiger partial charge in [-0.1, -0.05) is 0 Å². The lowest BCUT2D eigenvalue weighted by Gasteiger charge is -1.70. The predicted octanol–water partition coefficient (Wildman–Crippen LogP) is 0.0497. The zero-order chi connectivity index (χ0) is 5.98. The molecule has 6 heteroatoms.